The molecule has 0 aliphatic carbocycles. The zero-order chi connectivity index (χ0) is 15.1. The summed E-state index contributed by atoms with van der Waals surface area (Å²) in [5.41, 5.74) is 3.79. The van der Waals surface area contributed by atoms with Gasteiger partial charge in [0.25, 0.3) is 0 Å². The van der Waals surface area contributed by atoms with Crippen molar-refractivity contribution >= 4 is 27.2 Å². The molecule has 0 saturated carbocycles. The molecule has 0 aliphatic heterocycles. The van der Waals surface area contributed by atoms with Crippen molar-refractivity contribution in [3.05, 3.63) is 28.3 Å². The van der Waals surface area contributed by atoms with E-state index in [0.29, 0.717) is 5.56 Å². The van der Waals surface area contributed by atoms with Crippen molar-refractivity contribution in [2.75, 3.05) is 0 Å². The number of carboxylic acid groups (broad SMARTS) is 1. The van der Waals surface area contributed by atoms with E-state index < -0.39 is 5.97 Å². The van der Waals surface area contributed by atoms with Crippen LogP contribution in [0.4, 0.5) is 0 Å². The summed E-state index contributed by atoms with van der Waals surface area (Å²) in [5, 5.41) is 9.28. The van der Waals surface area contributed by atoms with Crippen molar-refractivity contribution in [1.29, 1.82) is 0 Å². The van der Waals surface area contributed by atoms with Gasteiger partial charge in [0.1, 0.15) is 0 Å². The van der Waals surface area contributed by atoms with Crippen LogP contribution in [-0.4, -0.2) is 27.9 Å². The van der Waals surface area contributed by atoms with Crippen LogP contribution in [0.2, 0.25) is 0 Å². The Kier molecular flexibility index (Phi) is 7.37. The summed E-state index contributed by atoms with van der Waals surface area (Å²) in [6.45, 7) is 6.19. The second-order valence-corrected chi connectivity index (χ2v) is 6.78. The number of hydrogen-bond donors (Lipinski definition) is 1. The minimum absolute atomic E-state index is 0.477. The van der Waals surface area contributed by atoms with Crippen LogP contribution in [0.15, 0.2) is 6.07 Å². The van der Waals surface area contributed by atoms with E-state index in [9.17, 15) is 9.90 Å². The molecule has 0 bridgehead atoms. The molecular weight excluding hydrogens is 311 g/mol. The summed E-state index contributed by atoms with van der Waals surface area (Å²) in [4.78, 5) is 11.3. The summed E-state index contributed by atoms with van der Waals surface area (Å²) >= 11 is 1.61. The zero-order valence-corrected chi connectivity index (χ0v) is 15.4. The number of carboxylic acids is 1. The van der Waals surface area contributed by atoms with Gasteiger partial charge in [0.05, 0.1) is 0 Å². The molecule has 1 aromatic rings. The van der Waals surface area contributed by atoms with E-state index in [1.807, 2.05) is 19.9 Å². The van der Waals surface area contributed by atoms with Crippen molar-refractivity contribution in [2.45, 2.75) is 65.7 Å². The van der Waals surface area contributed by atoms with Gasteiger partial charge in [-0.05, 0) is 0 Å². The fraction of sp³-hybridized carbons (Fsp3) is 0.588. The van der Waals surface area contributed by atoms with Gasteiger partial charge in [-0.25, -0.2) is 0 Å². The summed E-state index contributed by atoms with van der Waals surface area (Å²) in [7, 11) is 0. The van der Waals surface area contributed by atoms with Gasteiger partial charge in [-0.2, -0.15) is 0 Å². The van der Waals surface area contributed by atoms with Gasteiger partial charge in [-0.3, -0.25) is 0 Å². The number of benzene rings is 1. The van der Waals surface area contributed by atoms with Crippen LogP contribution in [0.1, 0.15) is 72.5 Å². The normalized spacial score (nSPS) is 10.8. The molecule has 0 aromatic heterocycles. The Hall–Kier alpha value is -0.752. The van der Waals surface area contributed by atoms with Crippen LogP contribution in [0, 0.1) is 13.8 Å². The third-order valence-corrected chi connectivity index (χ3v) is 5.75. The van der Waals surface area contributed by atoms with Crippen LogP contribution < -0.4 is 4.35 Å². The van der Waals surface area contributed by atoms with Crippen molar-refractivity contribution in [2.24, 2.45) is 0 Å². The molecule has 1 rings (SSSR count). The average molecular weight is 338 g/mol. The van der Waals surface area contributed by atoms with Crippen LogP contribution >= 0.6 is 0 Å². The second kappa shape index (κ2) is 8.52. The first kappa shape index (κ1) is 17.3. The van der Waals surface area contributed by atoms with Crippen molar-refractivity contribution in [1.82, 2.24) is 0 Å². The Balaban J connectivity index is 2.68. The summed E-state index contributed by atoms with van der Waals surface area (Å²) in [6, 6.07) is 1.90. The monoisotopic (exact) mass is 338 g/mol. The zero-order valence-electron chi connectivity index (χ0n) is 13.0. The van der Waals surface area contributed by atoms with E-state index in [1.54, 1.807) is 16.9 Å². The van der Waals surface area contributed by atoms with E-state index in [2.05, 4.69) is 6.92 Å². The molecule has 1 aromatic carbocycles. The minimum atomic E-state index is -0.803. The molecule has 0 saturated heterocycles. The molecule has 0 radical (unpaired) electrons. The predicted molar refractivity (Wildman–Crippen MR) is 88.1 cm³/mol. The molecule has 112 valence electrons. The first-order valence-corrected chi connectivity index (χ1v) is 8.82. The Morgan fingerprint density at radius 1 is 1.10 bits per heavy atom. The average Bonchev–Trinajstić information content (AvgIpc) is 2.42. The van der Waals surface area contributed by atoms with Crippen LogP contribution in [-0.2, 0) is 6.42 Å². The van der Waals surface area contributed by atoms with Gasteiger partial charge in [0.15, 0.2) is 0 Å². The maximum atomic E-state index is 11.3. The van der Waals surface area contributed by atoms with E-state index in [1.165, 1.54) is 48.4 Å². The molecule has 1 N–H and O–H groups in total. The molecule has 0 aliphatic rings. The molecular formula is C17H27AsO2. The maximum absolute atomic E-state index is 11.3. The topological polar surface area (TPSA) is 37.3 Å². The molecule has 20 heavy (non-hydrogen) atoms. The predicted octanol–water partition coefficient (Wildman–Crippen LogP) is 3.16. The fourth-order valence-corrected chi connectivity index (χ4v) is 3.46. The van der Waals surface area contributed by atoms with Crippen molar-refractivity contribution in [3.8, 4) is 0 Å². The molecule has 0 spiro atoms. The third kappa shape index (κ3) is 4.66. The first-order chi connectivity index (χ1) is 9.49. The Morgan fingerprint density at radius 2 is 1.70 bits per heavy atom. The molecule has 2 nitrogen and oxygen atoms in total. The summed E-state index contributed by atoms with van der Waals surface area (Å²) < 4.78 is 1.33. The standard InChI is InChI=1S/C17H27AsO2/c1-4-5-6-7-8-9-10-14-11-15(17(19)20)12(2)13(3)16(14)18/h11H,4-10,18H2,1-3H3,(H,19,20). The van der Waals surface area contributed by atoms with Gasteiger partial charge >= 0.3 is 131 Å². The number of hydrogen-bond acceptors (Lipinski definition) is 1. The van der Waals surface area contributed by atoms with Gasteiger partial charge in [0.2, 0.25) is 0 Å². The first-order valence-electron chi connectivity index (χ1n) is 7.60. The second-order valence-electron chi connectivity index (χ2n) is 5.57. The van der Waals surface area contributed by atoms with Gasteiger partial charge in [0, 0.05) is 0 Å². The Bertz CT molecular complexity index is 467. The summed E-state index contributed by atoms with van der Waals surface area (Å²) in [5.74, 6) is -0.803. The molecule has 1 atom stereocenters. The van der Waals surface area contributed by atoms with Crippen molar-refractivity contribution in [3.63, 3.8) is 0 Å². The van der Waals surface area contributed by atoms with E-state index >= 15 is 0 Å². The van der Waals surface area contributed by atoms with Gasteiger partial charge in [-0.1, -0.05) is 0 Å². The Labute approximate surface area is 131 Å². The number of aromatic carboxylic acids is 1. The van der Waals surface area contributed by atoms with Gasteiger partial charge in [-0.15, -0.1) is 0 Å². The molecule has 0 heterocycles. The van der Waals surface area contributed by atoms with Crippen LogP contribution in [0.3, 0.4) is 0 Å². The van der Waals surface area contributed by atoms with E-state index in [-0.39, 0.29) is 0 Å². The van der Waals surface area contributed by atoms with Crippen molar-refractivity contribution < 1.29 is 9.90 Å². The number of carbonyl (C=O) groups is 1. The SMILES string of the molecule is CCCCCCCCc1cc(C(=O)O)c(C)c(C)c1[AsH2]. The van der Waals surface area contributed by atoms with Crippen LogP contribution in [0.25, 0.3) is 0 Å². The molecule has 1 unspecified atom stereocenters. The fourth-order valence-electron chi connectivity index (χ4n) is 2.53. The van der Waals surface area contributed by atoms with Gasteiger partial charge < -0.3 is 0 Å². The van der Waals surface area contributed by atoms with Crippen LogP contribution in [0.5, 0.6) is 0 Å². The quantitative estimate of drug-likeness (QED) is 0.584. The number of unbranched alkanes of at least 4 members (excludes halogenated alkanes) is 5. The third-order valence-electron chi connectivity index (χ3n) is 4.07. The number of aryl methyl sites for hydroxylation is 1. The summed E-state index contributed by atoms with van der Waals surface area (Å²) in [6.07, 6.45) is 8.67. The molecule has 3 heteroatoms. The Morgan fingerprint density at radius 3 is 2.30 bits per heavy atom. The van der Waals surface area contributed by atoms with E-state index in [4.69, 9.17) is 0 Å². The van der Waals surface area contributed by atoms with E-state index in [0.717, 1.165) is 17.5 Å². The molecule has 0 amide bonds. The molecule has 0 fully saturated rings. The number of rotatable bonds is 8.